The molecule has 2 aromatic rings. The molecule has 4 heteroatoms. The van der Waals surface area contributed by atoms with Gasteiger partial charge in [-0.3, -0.25) is 4.79 Å². The minimum atomic E-state index is -0.747. The van der Waals surface area contributed by atoms with Crippen molar-refractivity contribution in [2.75, 3.05) is 0 Å². The molecule has 0 aliphatic heterocycles. The van der Waals surface area contributed by atoms with Crippen molar-refractivity contribution >= 4 is 10.9 Å². The summed E-state index contributed by atoms with van der Waals surface area (Å²) < 4.78 is 26.6. The smallest absolute Gasteiger partial charge is 0.189 e. The average molecular weight is 237 g/mol. The molecule has 0 aliphatic carbocycles. The van der Waals surface area contributed by atoms with Crippen LogP contribution in [0.2, 0.25) is 0 Å². The number of pyridine rings is 1. The quantitative estimate of drug-likeness (QED) is 0.750. The monoisotopic (exact) mass is 237 g/mol. The number of aromatic nitrogens is 1. The van der Waals surface area contributed by atoms with E-state index >= 15 is 0 Å². The number of rotatable bonds is 0. The van der Waals surface area contributed by atoms with Crippen molar-refractivity contribution in [2.24, 2.45) is 0 Å². The molecule has 0 unspecified atom stereocenters. The molecule has 0 saturated carbocycles. The van der Waals surface area contributed by atoms with Gasteiger partial charge in [-0.05, 0) is 6.07 Å². The molecule has 0 saturated heterocycles. The average Bonchev–Trinajstić information content (AvgIpc) is 2.17. The molecule has 0 atom stereocenters. The lowest BCUT2D eigenvalue weighted by molar-refractivity contribution is 0.565. The lowest BCUT2D eigenvalue weighted by Crippen LogP contribution is -2.18. The van der Waals surface area contributed by atoms with Gasteiger partial charge in [0.05, 0.1) is 10.9 Å². The second kappa shape index (κ2) is 3.65. The van der Waals surface area contributed by atoms with Gasteiger partial charge in [-0.15, -0.1) is 0 Å². The van der Waals surface area contributed by atoms with Gasteiger partial charge >= 0.3 is 0 Å². The maximum atomic E-state index is 13.6. The molecule has 2 rings (SSSR count). The maximum Gasteiger partial charge on any atom is 0.189 e. The van der Waals surface area contributed by atoms with Crippen LogP contribution >= 0.6 is 0 Å². The van der Waals surface area contributed by atoms with Gasteiger partial charge in [0, 0.05) is 23.2 Å². The van der Waals surface area contributed by atoms with Crippen LogP contribution in [-0.4, -0.2) is 4.98 Å². The number of benzene rings is 1. The highest BCUT2D eigenvalue weighted by Gasteiger charge is 2.17. The van der Waals surface area contributed by atoms with Crippen molar-refractivity contribution in [1.82, 2.24) is 4.98 Å². The first kappa shape index (κ1) is 11.8. The topological polar surface area (TPSA) is 32.9 Å². The fourth-order valence-electron chi connectivity index (χ4n) is 1.68. The Morgan fingerprint density at radius 3 is 2.35 bits per heavy atom. The summed E-state index contributed by atoms with van der Waals surface area (Å²) in [5.41, 5.74) is 0.0140. The summed E-state index contributed by atoms with van der Waals surface area (Å²) in [5.74, 6) is -1.49. The highest BCUT2D eigenvalue weighted by molar-refractivity contribution is 5.79. The van der Waals surface area contributed by atoms with Crippen LogP contribution in [-0.2, 0) is 5.41 Å². The van der Waals surface area contributed by atoms with E-state index in [0.717, 1.165) is 12.1 Å². The van der Waals surface area contributed by atoms with Gasteiger partial charge < -0.3 is 4.98 Å². The summed E-state index contributed by atoms with van der Waals surface area (Å²) in [6, 6.07) is 3.20. The van der Waals surface area contributed by atoms with Gasteiger partial charge in [0.15, 0.2) is 5.43 Å². The SMILES string of the molecule is CC(C)(C)c1cc(=O)c2cc(F)cc(F)c2[nH]1. The zero-order valence-electron chi connectivity index (χ0n) is 9.90. The van der Waals surface area contributed by atoms with Gasteiger partial charge in [0.25, 0.3) is 0 Å². The van der Waals surface area contributed by atoms with E-state index in [0.29, 0.717) is 5.69 Å². The standard InChI is InChI=1S/C13H13F2NO/c1-13(2,3)11-6-10(17)8-4-7(14)5-9(15)12(8)16-11/h4-6H,1-3H3,(H,16,17). The van der Waals surface area contributed by atoms with Crippen LogP contribution in [0.25, 0.3) is 10.9 Å². The first-order chi connectivity index (χ1) is 7.79. The predicted molar refractivity (Wildman–Crippen MR) is 63.2 cm³/mol. The molecule has 1 aromatic heterocycles. The number of aromatic amines is 1. The van der Waals surface area contributed by atoms with E-state index in [1.165, 1.54) is 6.07 Å². The Hall–Kier alpha value is -1.71. The zero-order chi connectivity index (χ0) is 12.8. The molecular weight excluding hydrogens is 224 g/mol. The largest absolute Gasteiger partial charge is 0.355 e. The minimum absolute atomic E-state index is 0.0375. The van der Waals surface area contributed by atoms with Crippen molar-refractivity contribution in [3.8, 4) is 0 Å². The van der Waals surface area contributed by atoms with Crippen molar-refractivity contribution in [3.63, 3.8) is 0 Å². The first-order valence-electron chi connectivity index (χ1n) is 5.31. The maximum absolute atomic E-state index is 13.6. The molecule has 0 fully saturated rings. The summed E-state index contributed by atoms with van der Waals surface area (Å²) in [5, 5.41) is 0.0375. The molecule has 1 N–H and O–H groups in total. The third-order valence-corrected chi connectivity index (χ3v) is 2.66. The second-order valence-electron chi connectivity index (χ2n) is 5.11. The summed E-state index contributed by atoms with van der Waals surface area (Å²) >= 11 is 0. The van der Waals surface area contributed by atoms with Crippen LogP contribution in [0, 0.1) is 11.6 Å². The van der Waals surface area contributed by atoms with Crippen molar-refractivity contribution in [2.45, 2.75) is 26.2 Å². The van der Waals surface area contributed by atoms with Crippen LogP contribution in [0.15, 0.2) is 23.0 Å². The van der Waals surface area contributed by atoms with Crippen LogP contribution in [0.5, 0.6) is 0 Å². The van der Waals surface area contributed by atoms with E-state index < -0.39 is 11.6 Å². The number of hydrogen-bond acceptors (Lipinski definition) is 1. The molecule has 0 aliphatic rings. The van der Waals surface area contributed by atoms with E-state index in [1.54, 1.807) is 0 Å². The molecule has 1 aromatic carbocycles. The number of H-pyrrole nitrogens is 1. The number of halogens is 2. The second-order valence-corrected chi connectivity index (χ2v) is 5.11. The molecule has 2 nitrogen and oxygen atoms in total. The molecule has 0 bridgehead atoms. The summed E-state index contributed by atoms with van der Waals surface area (Å²) in [7, 11) is 0. The molecule has 0 amide bonds. The Balaban J connectivity index is 2.88. The number of nitrogens with one attached hydrogen (secondary N) is 1. The van der Waals surface area contributed by atoms with E-state index in [1.807, 2.05) is 20.8 Å². The van der Waals surface area contributed by atoms with E-state index in [9.17, 15) is 13.6 Å². The van der Waals surface area contributed by atoms with Gasteiger partial charge in [-0.1, -0.05) is 20.8 Å². The molecule has 0 radical (unpaired) electrons. The lowest BCUT2D eigenvalue weighted by Gasteiger charge is -2.19. The predicted octanol–water partition coefficient (Wildman–Crippen LogP) is 3.10. The summed E-state index contributed by atoms with van der Waals surface area (Å²) in [4.78, 5) is 14.7. The van der Waals surface area contributed by atoms with Crippen molar-refractivity contribution in [1.29, 1.82) is 0 Å². The van der Waals surface area contributed by atoms with Crippen LogP contribution < -0.4 is 5.43 Å². The molecule has 90 valence electrons. The third-order valence-electron chi connectivity index (χ3n) is 2.66. The highest BCUT2D eigenvalue weighted by Crippen LogP contribution is 2.22. The van der Waals surface area contributed by atoms with Crippen molar-refractivity contribution < 1.29 is 8.78 Å². The highest BCUT2D eigenvalue weighted by atomic mass is 19.1. The van der Waals surface area contributed by atoms with Gasteiger partial charge in [0.1, 0.15) is 11.6 Å². The van der Waals surface area contributed by atoms with Gasteiger partial charge in [-0.2, -0.15) is 0 Å². The molecular formula is C13H13F2NO. The Kier molecular flexibility index (Phi) is 2.53. The zero-order valence-corrected chi connectivity index (χ0v) is 9.90. The first-order valence-corrected chi connectivity index (χ1v) is 5.31. The van der Waals surface area contributed by atoms with Gasteiger partial charge in [0.2, 0.25) is 0 Å². The van der Waals surface area contributed by atoms with Crippen LogP contribution in [0.4, 0.5) is 8.78 Å². The van der Waals surface area contributed by atoms with E-state index in [2.05, 4.69) is 4.98 Å². The summed E-state index contributed by atoms with van der Waals surface area (Å²) in [6.07, 6.45) is 0. The third kappa shape index (κ3) is 2.07. The number of hydrogen-bond donors (Lipinski definition) is 1. The van der Waals surface area contributed by atoms with Crippen LogP contribution in [0.1, 0.15) is 26.5 Å². The lowest BCUT2D eigenvalue weighted by atomic mass is 9.91. The molecule has 1 heterocycles. The Morgan fingerprint density at radius 1 is 1.12 bits per heavy atom. The van der Waals surface area contributed by atoms with E-state index in [-0.39, 0.29) is 21.7 Å². The van der Waals surface area contributed by atoms with Crippen molar-refractivity contribution in [3.05, 3.63) is 45.8 Å². The van der Waals surface area contributed by atoms with E-state index in [4.69, 9.17) is 0 Å². The number of fused-ring (bicyclic) bond motifs is 1. The molecule has 0 spiro atoms. The van der Waals surface area contributed by atoms with Crippen LogP contribution in [0.3, 0.4) is 0 Å². The fraction of sp³-hybridized carbons (Fsp3) is 0.308. The Morgan fingerprint density at radius 2 is 1.76 bits per heavy atom. The van der Waals surface area contributed by atoms with Gasteiger partial charge in [-0.25, -0.2) is 8.78 Å². The fourth-order valence-corrected chi connectivity index (χ4v) is 1.68. The summed E-state index contributed by atoms with van der Waals surface area (Å²) in [6.45, 7) is 5.72. The Labute approximate surface area is 97.3 Å². The minimum Gasteiger partial charge on any atom is -0.355 e. The molecule has 17 heavy (non-hydrogen) atoms. The Bertz CT molecular complexity index is 638. The normalized spacial score (nSPS) is 12.1.